The molecule has 0 bridgehead atoms. The number of hydrogen-bond acceptors (Lipinski definition) is 5. The summed E-state index contributed by atoms with van der Waals surface area (Å²) in [5.41, 5.74) is 9.41. The van der Waals surface area contributed by atoms with Crippen LogP contribution in [0, 0.1) is 0 Å². The highest BCUT2D eigenvalue weighted by Crippen LogP contribution is 2.16. The molecule has 3 amide bonds. The highest BCUT2D eigenvalue weighted by molar-refractivity contribution is 5.92. The molecule has 3 aromatic carbocycles. The molecule has 8 nitrogen and oxygen atoms in total. The van der Waals surface area contributed by atoms with Crippen molar-refractivity contribution >= 4 is 17.7 Å². The fraction of sp³-hybridized carbons (Fsp3) is 0.344. The molecule has 0 spiro atoms. The SMILES string of the molecule is CCOc1ccc(C[C@@H](C(=O)N[C@@H](Cc2ccccc2)C(=O)NCc2ccc(CN)cc2)N(C)C(=O)CC)cc1. The van der Waals surface area contributed by atoms with E-state index in [4.69, 9.17) is 10.5 Å². The monoisotopic (exact) mass is 544 g/mol. The summed E-state index contributed by atoms with van der Waals surface area (Å²) in [6.07, 6.45) is 0.875. The Labute approximate surface area is 236 Å². The van der Waals surface area contributed by atoms with E-state index in [0.29, 0.717) is 32.5 Å². The quantitative estimate of drug-likeness (QED) is 0.288. The lowest BCUT2D eigenvalue weighted by atomic mass is 10.0. The van der Waals surface area contributed by atoms with Crippen LogP contribution in [0.1, 0.15) is 42.5 Å². The largest absolute Gasteiger partial charge is 0.494 e. The molecule has 4 N–H and O–H groups in total. The van der Waals surface area contributed by atoms with Crippen LogP contribution in [0.15, 0.2) is 78.9 Å². The fourth-order valence-corrected chi connectivity index (χ4v) is 4.37. The maximum Gasteiger partial charge on any atom is 0.243 e. The molecule has 212 valence electrons. The number of nitrogens with one attached hydrogen (secondary N) is 2. The lowest BCUT2D eigenvalue weighted by Crippen LogP contribution is -2.55. The minimum atomic E-state index is -0.828. The smallest absolute Gasteiger partial charge is 0.243 e. The van der Waals surface area contributed by atoms with Gasteiger partial charge < -0.3 is 26.0 Å². The normalized spacial score (nSPS) is 12.2. The summed E-state index contributed by atoms with van der Waals surface area (Å²) >= 11 is 0. The molecule has 0 fully saturated rings. The second-order valence-electron chi connectivity index (χ2n) is 9.64. The van der Waals surface area contributed by atoms with Crippen molar-refractivity contribution in [2.24, 2.45) is 5.73 Å². The number of likely N-dealkylation sites (N-methyl/N-ethyl adjacent to an activating group) is 1. The van der Waals surface area contributed by atoms with E-state index in [9.17, 15) is 14.4 Å². The zero-order valence-corrected chi connectivity index (χ0v) is 23.6. The molecule has 0 unspecified atom stereocenters. The second kappa shape index (κ2) is 15.4. The van der Waals surface area contributed by atoms with Gasteiger partial charge >= 0.3 is 0 Å². The van der Waals surface area contributed by atoms with Crippen LogP contribution in [0.3, 0.4) is 0 Å². The van der Waals surface area contributed by atoms with Crippen LogP contribution in [-0.2, 0) is 40.3 Å². The Balaban J connectivity index is 1.79. The van der Waals surface area contributed by atoms with Crippen LogP contribution in [0.4, 0.5) is 0 Å². The molecule has 0 radical (unpaired) electrons. The molecular weight excluding hydrogens is 504 g/mol. The van der Waals surface area contributed by atoms with Gasteiger partial charge in [-0.3, -0.25) is 14.4 Å². The Bertz CT molecular complexity index is 1230. The highest BCUT2D eigenvalue weighted by Gasteiger charge is 2.30. The molecule has 2 atom stereocenters. The summed E-state index contributed by atoms with van der Waals surface area (Å²) in [4.78, 5) is 41.2. The van der Waals surface area contributed by atoms with Gasteiger partial charge in [-0.25, -0.2) is 0 Å². The minimum absolute atomic E-state index is 0.156. The van der Waals surface area contributed by atoms with Gasteiger partial charge in [0.1, 0.15) is 17.8 Å². The van der Waals surface area contributed by atoms with Crippen LogP contribution in [0.5, 0.6) is 5.75 Å². The summed E-state index contributed by atoms with van der Waals surface area (Å²) in [5.74, 6) is -0.107. The van der Waals surface area contributed by atoms with E-state index in [1.165, 1.54) is 4.90 Å². The Morgan fingerprint density at radius 1 is 0.800 bits per heavy atom. The number of carbonyl (C=O) groups is 3. The Kier molecular flexibility index (Phi) is 11.7. The molecule has 0 heterocycles. The summed E-state index contributed by atoms with van der Waals surface area (Å²) < 4.78 is 5.52. The maximum atomic E-state index is 13.7. The first-order valence-electron chi connectivity index (χ1n) is 13.7. The van der Waals surface area contributed by atoms with Gasteiger partial charge in [0, 0.05) is 39.4 Å². The summed E-state index contributed by atoms with van der Waals surface area (Å²) in [5, 5.41) is 5.90. The standard InChI is InChI=1S/C32H40N4O4/c1-4-30(37)36(3)29(20-24-15-17-27(18-16-24)40-5-2)32(39)35-28(19-23-9-7-6-8-10-23)31(38)34-22-26-13-11-25(21-33)12-14-26/h6-18,28-29H,4-5,19-22,33H2,1-3H3,(H,34,38)(H,35,39)/t28-,29-/m0/s1. The van der Waals surface area contributed by atoms with Gasteiger partial charge in [-0.1, -0.05) is 73.7 Å². The Morgan fingerprint density at radius 3 is 2.00 bits per heavy atom. The van der Waals surface area contributed by atoms with E-state index in [2.05, 4.69) is 10.6 Å². The first-order valence-corrected chi connectivity index (χ1v) is 13.7. The molecule has 0 aliphatic rings. The average Bonchev–Trinajstić information content (AvgIpc) is 2.99. The van der Waals surface area contributed by atoms with Gasteiger partial charge in [-0.05, 0) is 41.3 Å². The zero-order valence-electron chi connectivity index (χ0n) is 23.6. The van der Waals surface area contributed by atoms with E-state index < -0.39 is 12.1 Å². The lowest BCUT2D eigenvalue weighted by Gasteiger charge is -2.29. The number of nitrogens with two attached hydrogens (primary N) is 1. The number of ether oxygens (including phenoxy) is 1. The summed E-state index contributed by atoms with van der Waals surface area (Å²) in [6, 6.07) is 23.1. The second-order valence-corrected chi connectivity index (χ2v) is 9.64. The predicted octanol–water partition coefficient (Wildman–Crippen LogP) is 3.37. The molecule has 0 saturated carbocycles. The number of nitrogens with zero attached hydrogens (tertiary/aromatic N) is 1. The molecule has 8 heteroatoms. The van der Waals surface area contributed by atoms with Crippen LogP contribution < -0.4 is 21.1 Å². The first kappa shape index (κ1) is 30.4. The number of benzene rings is 3. The van der Waals surface area contributed by atoms with Gasteiger partial charge in [0.15, 0.2) is 0 Å². The van der Waals surface area contributed by atoms with Crippen LogP contribution in [0.25, 0.3) is 0 Å². The molecule has 0 aliphatic carbocycles. The third-order valence-electron chi connectivity index (χ3n) is 6.77. The van der Waals surface area contributed by atoms with E-state index >= 15 is 0 Å². The summed E-state index contributed by atoms with van der Waals surface area (Å²) in [7, 11) is 1.63. The fourth-order valence-electron chi connectivity index (χ4n) is 4.37. The van der Waals surface area contributed by atoms with Gasteiger partial charge in [0.2, 0.25) is 17.7 Å². The topological polar surface area (TPSA) is 114 Å². The van der Waals surface area contributed by atoms with Crippen molar-refractivity contribution in [3.8, 4) is 5.75 Å². The molecule has 0 saturated heterocycles. The van der Waals surface area contributed by atoms with Crippen molar-refractivity contribution in [1.29, 1.82) is 0 Å². The molecular formula is C32H40N4O4. The van der Waals surface area contributed by atoms with E-state index in [1.54, 1.807) is 14.0 Å². The summed E-state index contributed by atoms with van der Waals surface area (Å²) in [6.45, 7) is 5.00. The zero-order chi connectivity index (χ0) is 28.9. The van der Waals surface area contributed by atoms with Crippen molar-refractivity contribution in [3.63, 3.8) is 0 Å². The van der Waals surface area contributed by atoms with E-state index in [1.807, 2.05) is 85.8 Å². The van der Waals surface area contributed by atoms with Crippen molar-refractivity contribution in [2.45, 2.75) is 58.3 Å². The van der Waals surface area contributed by atoms with Gasteiger partial charge in [0.05, 0.1) is 6.61 Å². The van der Waals surface area contributed by atoms with Gasteiger partial charge in [-0.15, -0.1) is 0 Å². The molecule has 3 aromatic rings. The number of amides is 3. The first-order chi connectivity index (χ1) is 19.3. The van der Waals surface area contributed by atoms with Crippen molar-refractivity contribution in [3.05, 3.63) is 101 Å². The third kappa shape index (κ3) is 8.95. The van der Waals surface area contributed by atoms with Crippen LogP contribution in [0.2, 0.25) is 0 Å². The highest BCUT2D eigenvalue weighted by atomic mass is 16.5. The predicted molar refractivity (Wildman–Crippen MR) is 156 cm³/mol. The van der Waals surface area contributed by atoms with Gasteiger partial charge in [0.25, 0.3) is 0 Å². The van der Waals surface area contributed by atoms with Crippen LogP contribution >= 0.6 is 0 Å². The minimum Gasteiger partial charge on any atom is -0.494 e. The lowest BCUT2D eigenvalue weighted by molar-refractivity contribution is -0.139. The third-order valence-corrected chi connectivity index (χ3v) is 6.77. The number of rotatable bonds is 14. The van der Waals surface area contributed by atoms with E-state index in [0.717, 1.165) is 28.0 Å². The maximum absolute atomic E-state index is 13.7. The number of hydrogen-bond donors (Lipinski definition) is 3. The van der Waals surface area contributed by atoms with E-state index in [-0.39, 0.29) is 24.1 Å². The molecule has 0 aliphatic heterocycles. The van der Waals surface area contributed by atoms with Crippen LogP contribution in [-0.4, -0.2) is 48.4 Å². The number of carbonyl (C=O) groups excluding carboxylic acids is 3. The van der Waals surface area contributed by atoms with Crippen molar-refractivity contribution in [1.82, 2.24) is 15.5 Å². The van der Waals surface area contributed by atoms with Crippen molar-refractivity contribution in [2.75, 3.05) is 13.7 Å². The van der Waals surface area contributed by atoms with Gasteiger partial charge in [-0.2, -0.15) is 0 Å². The molecule has 0 aromatic heterocycles. The Morgan fingerprint density at radius 2 is 1.40 bits per heavy atom. The van der Waals surface area contributed by atoms with Crippen molar-refractivity contribution < 1.29 is 19.1 Å². The Hall–Kier alpha value is -4.17. The molecule has 3 rings (SSSR count). The molecule has 40 heavy (non-hydrogen) atoms. The average molecular weight is 545 g/mol.